The van der Waals surface area contributed by atoms with Crippen LogP contribution in [0.2, 0.25) is 5.02 Å². The number of thioether (sulfide) groups is 1. The third kappa shape index (κ3) is 3.52. The normalized spacial score (nSPS) is 11.1. The van der Waals surface area contributed by atoms with Crippen molar-refractivity contribution in [3.8, 4) is 11.4 Å². The number of halogens is 1. The molecule has 2 aromatic heterocycles. The van der Waals surface area contributed by atoms with E-state index in [9.17, 15) is 0 Å². The Bertz CT molecular complexity index is 1010. The molecule has 0 saturated carbocycles. The minimum Gasteiger partial charge on any atom is -0.192 e. The third-order valence-electron chi connectivity index (χ3n) is 3.85. The molecule has 0 bridgehead atoms. The number of benzene rings is 2. The van der Waals surface area contributed by atoms with Gasteiger partial charge >= 0.3 is 0 Å². The summed E-state index contributed by atoms with van der Waals surface area (Å²) in [7, 11) is 0. The van der Waals surface area contributed by atoms with Crippen LogP contribution in [0.5, 0.6) is 0 Å². The first-order chi connectivity index (χ1) is 12.2. The molecule has 4 rings (SSSR count). The van der Waals surface area contributed by atoms with Gasteiger partial charge in [0, 0.05) is 16.3 Å². The average Bonchev–Trinajstić information content (AvgIpc) is 3.05. The molecule has 6 heteroatoms. The molecule has 0 atom stereocenters. The highest BCUT2D eigenvalue weighted by molar-refractivity contribution is 7.98. The number of rotatable bonds is 4. The summed E-state index contributed by atoms with van der Waals surface area (Å²) in [6.07, 6.45) is 0. The molecule has 0 radical (unpaired) electrons. The lowest BCUT2D eigenvalue weighted by Crippen LogP contribution is -1.96. The zero-order valence-electron chi connectivity index (χ0n) is 13.6. The second-order valence-electron chi connectivity index (χ2n) is 5.75. The van der Waals surface area contributed by atoms with Gasteiger partial charge in [-0.3, -0.25) is 0 Å². The van der Waals surface area contributed by atoms with Gasteiger partial charge in [-0.15, -0.1) is 10.2 Å². The minimum atomic E-state index is 0.694. The molecule has 0 spiro atoms. The Hall–Kier alpha value is -2.37. The topological polar surface area (TPSA) is 43.1 Å². The summed E-state index contributed by atoms with van der Waals surface area (Å²) in [5, 5.41) is 14.8. The summed E-state index contributed by atoms with van der Waals surface area (Å²) in [5.41, 5.74) is 4.21. The Morgan fingerprint density at radius 1 is 0.920 bits per heavy atom. The van der Waals surface area contributed by atoms with Crippen LogP contribution in [0.15, 0.2) is 65.7 Å². The summed E-state index contributed by atoms with van der Waals surface area (Å²) in [4.78, 5) is 0. The average molecular weight is 367 g/mol. The summed E-state index contributed by atoms with van der Waals surface area (Å²) in [5.74, 6) is 1.58. The Labute approximate surface area is 154 Å². The van der Waals surface area contributed by atoms with Gasteiger partial charge in [-0.05, 0) is 48.9 Å². The molecule has 0 unspecified atom stereocenters. The molecular formula is C19H15ClN4S. The zero-order valence-corrected chi connectivity index (χ0v) is 15.1. The van der Waals surface area contributed by atoms with Crippen LogP contribution in [0.1, 0.15) is 11.1 Å². The van der Waals surface area contributed by atoms with Crippen LogP contribution in [0.25, 0.3) is 17.0 Å². The highest BCUT2D eigenvalue weighted by Gasteiger charge is 2.10. The first kappa shape index (κ1) is 16.1. The fourth-order valence-corrected chi connectivity index (χ4v) is 3.41. The number of fused-ring (bicyclic) bond motifs is 1. The molecule has 0 amide bonds. The first-order valence-electron chi connectivity index (χ1n) is 7.86. The predicted octanol–water partition coefficient (Wildman–Crippen LogP) is 5.05. The number of aromatic nitrogens is 4. The van der Waals surface area contributed by atoms with Gasteiger partial charge in [0.25, 0.3) is 0 Å². The molecule has 0 fully saturated rings. The summed E-state index contributed by atoms with van der Waals surface area (Å²) >= 11 is 7.66. The fraction of sp³-hybridized carbons (Fsp3) is 0.105. The monoisotopic (exact) mass is 366 g/mol. The lowest BCUT2D eigenvalue weighted by molar-refractivity contribution is 0.860. The van der Waals surface area contributed by atoms with E-state index in [1.54, 1.807) is 16.3 Å². The largest absolute Gasteiger partial charge is 0.192 e. The Kier molecular flexibility index (Phi) is 4.42. The van der Waals surface area contributed by atoms with Crippen molar-refractivity contribution in [2.24, 2.45) is 0 Å². The number of hydrogen-bond acceptors (Lipinski definition) is 4. The highest BCUT2D eigenvalue weighted by Crippen LogP contribution is 2.24. The van der Waals surface area contributed by atoms with E-state index < -0.39 is 0 Å². The minimum absolute atomic E-state index is 0.694. The first-order valence-corrected chi connectivity index (χ1v) is 9.22. The molecule has 0 N–H and O–H groups in total. The van der Waals surface area contributed by atoms with E-state index in [-0.39, 0.29) is 0 Å². The van der Waals surface area contributed by atoms with Gasteiger partial charge in [-0.1, -0.05) is 53.2 Å². The molecule has 2 aromatic carbocycles. The second-order valence-corrected chi connectivity index (χ2v) is 7.18. The van der Waals surface area contributed by atoms with E-state index in [0.29, 0.717) is 10.8 Å². The standard InChI is InChI=1S/C19H15ClN4S/c1-13-2-4-14(5-3-13)12-25-18-11-10-17-21-22-19(24(17)23-18)15-6-8-16(20)9-7-15/h2-11H,12H2,1H3. The lowest BCUT2D eigenvalue weighted by Gasteiger charge is -2.04. The fourth-order valence-electron chi connectivity index (χ4n) is 2.47. The third-order valence-corrected chi connectivity index (χ3v) is 5.09. The molecule has 0 aliphatic carbocycles. The van der Waals surface area contributed by atoms with Crippen LogP contribution >= 0.6 is 23.4 Å². The summed E-state index contributed by atoms with van der Waals surface area (Å²) in [6.45, 7) is 2.09. The van der Waals surface area contributed by atoms with Crippen molar-refractivity contribution in [2.75, 3.05) is 0 Å². The molecule has 124 valence electrons. The van der Waals surface area contributed by atoms with Crippen LogP contribution in [0.4, 0.5) is 0 Å². The molecular weight excluding hydrogens is 352 g/mol. The number of aryl methyl sites for hydroxylation is 1. The summed E-state index contributed by atoms with van der Waals surface area (Å²) < 4.78 is 1.78. The molecule has 0 saturated heterocycles. The molecule has 0 aliphatic heterocycles. The van der Waals surface area contributed by atoms with Crippen LogP contribution in [-0.4, -0.2) is 19.8 Å². The van der Waals surface area contributed by atoms with Gasteiger partial charge in [0.1, 0.15) is 5.03 Å². The maximum atomic E-state index is 5.96. The van der Waals surface area contributed by atoms with Gasteiger partial charge < -0.3 is 0 Å². The maximum Gasteiger partial charge on any atom is 0.185 e. The van der Waals surface area contributed by atoms with E-state index in [4.69, 9.17) is 11.6 Å². The molecule has 2 heterocycles. The Morgan fingerprint density at radius 2 is 1.68 bits per heavy atom. The van der Waals surface area contributed by atoms with Crippen molar-refractivity contribution in [2.45, 2.75) is 17.7 Å². The molecule has 4 aromatic rings. The zero-order chi connectivity index (χ0) is 17.2. The maximum absolute atomic E-state index is 5.96. The van der Waals surface area contributed by atoms with Crippen molar-refractivity contribution in [3.05, 3.63) is 76.8 Å². The number of nitrogens with zero attached hydrogens (tertiary/aromatic N) is 4. The molecule has 25 heavy (non-hydrogen) atoms. The van der Waals surface area contributed by atoms with E-state index in [1.807, 2.05) is 36.4 Å². The van der Waals surface area contributed by atoms with Crippen LogP contribution in [0.3, 0.4) is 0 Å². The highest BCUT2D eigenvalue weighted by atomic mass is 35.5. The predicted molar refractivity (Wildman–Crippen MR) is 102 cm³/mol. The van der Waals surface area contributed by atoms with Crippen molar-refractivity contribution < 1.29 is 0 Å². The molecule has 4 nitrogen and oxygen atoms in total. The van der Waals surface area contributed by atoms with Crippen LogP contribution < -0.4 is 0 Å². The van der Waals surface area contributed by atoms with Crippen molar-refractivity contribution in [3.63, 3.8) is 0 Å². The Balaban J connectivity index is 1.61. The van der Waals surface area contributed by atoms with Crippen molar-refractivity contribution in [1.82, 2.24) is 19.8 Å². The van der Waals surface area contributed by atoms with Crippen molar-refractivity contribution >= 4 is 29.0 Å². The summed E-state index contributed by atoms with van der Waals surface area (Å²) in [6, 6.07) is 20.0. The van der Waals surface area contributed by atoms with E-state index >= 15 is 0 Å². The van der Waals surface area contributed by atoms with Gasteiger partial charge in [-0.25, -0.2) is 0 Å². The molecule has 0 aliphatic rings. The van der Waals surface area contributed by atoms with Crippen LogP contribution in [0, 0.1) is 6.92 Å². The van der Waals surface area contributed by atoms with E-state index in [0.717, 1.165) is 22.0 Å². The Morgan fingerprint density at radius 3 is 2.44 bits per heavy atom. The second kappa shape index (κ2) is 6.86. The van der Waals surface area contributed by atoms with Crippen LogP contribution in [-0.2, 0) is 5.75 Å². The van der Waals surface area contributed by atoms with Gasteiger partial charge in [0.2, 0.25) is 0 Å². The smallest absolute Gasteiger partial charge is 0.185 e. The van der Waals surface area contributed by atoms with Gasteiger partial charge in [0.15, 0.2) is 11.5 Å². The number of hydrogen-bond donors (Lipinski definition) is 0. The quantitative estimate of drug-likeness (QED) is 0.474. The SMILES string of the molecule is Cc1ccc(CSc2ccc3nnc(-c4ccc(Cl)cc4)n3n2)cc1. The lowest BCUT2D eigenvalue weighted by atomic mass is 10.2. The van der Waals surface area contributed by atoms with Crippen molar-refractivity contribution in [1.29, 1.82) is 0 Å². The van der Waals surface area contributed by atoms with E-state index in [1.165, 1.54) is 11.1 Å². The van der Waals surface area contributed by atoms with Gasteiger partial charge in [-0.2, -0.15) is 9.61 Å². The van der Waals surface area contributed by atoms with E-state index in [2.05, 4.69) is 46.5 Å². The van der Waals surface area contributed by atoms with Gasteiger partial charge in [0.05, 0.1) is 0 Å².